The summed E-state index contributed by atoms with van der Waals surface area (Å²) in [5.74, 6) is 0. The zero-order valence-electron chi connectivity index (χ0n) is 11.6. The van der Waals surface area contributed by atoms with Crippen molar-refractivity contribution in [1.82, 2.24) is 4.90 Å². The number of hydrogen-bond acceptors (Lipinski definition) is 2. The Hall–Kier alpha value is -1.55. The highest BCUT2D eigenvalue weighted by Gasteiger charge is 2.29. The van der Waals surface area contributed by atoms with Crippen LogP contribution >= 0.6 is 0 Å². The summed E-state index contributed by atoms with van der Waals surface area (Å²) in [7, 11) is 0. The van der Waals surface area contributed by atoms with E-state index in [2.05, 4.69) is 5.32 Å². The fraction of sp³-hybridized carbons (Fsp3) is 0.533. The molecular formula is C15H22N2O2. The van der Waals surface area contributed by atoms with Crippen LogP contribution < -0.4 is 5.32 Å². The van der Waals surface area contributed by atoms with Crippen LogP contribution in [0.1, 0.15) is 31.7 Å². The van der Waals surface area contributed by atoms with Gasteiger partial charge in [-0.25, -0.2) is 4.79 Å². The number of benzene rings is 1. The lowest BCUT2D eigenvalue weighted by Crippen LogP contribution is -2.40. The highest BCUT2D eigenvalue weighted by atomic mass is 16.3. The molecule has 1 aliphatic rings. The minimum Gasteiger partial charge on any atom is -0.393 e. The smallest absolute Gasteiger partial charge is 0.322 e. The molecule has 19 heavy (non-hydrogen) atoms. The monoisotopic (exact) mass is 262 g/mol. The molecule has 1 heterocycles. The first-order chi connectivity index (χ1) is 9.06. The number of anilines is 1. The van der Waals surface area contributed by atoms with Crippen molar-refractivity contribution in [2.75, 3.05) is 11.9 Å². The molecule has 2 rings (SSSR count). The molecule has 0 bridgehead atoms. The molecule has 0 radical (unpaired) electrons. The second kappa shape index (κ2) is 6.06. The van der Waals surface area contributed by atoms with Gasteiger partial charge in [-0.15, -0.1) is 0 Å². The lowest BCUT2D eigenvalue weighted by molar-refractivity contribution is 0.142. The number of rotatable bonds is 3. The molecule has 1 aromatic rings. The molecule has 2 amide bonds. The van der Waals surface area contributed by atoms with Crippen LogP contribution in [-0.2, 0) is 0 Å². The Balaban J connectivity index is 1.99. The van der Waals surface area contributed by atoms with Gasteiger partial charge in [-0.1, -0.05) is 12.1 Å². The Morgan fingerprint density at radius 3 is 3.05 bits per heavy atom. The number of carbonyl (C=O) groups is 1. The van der Waals surface area contributed by atoms with Crippen LogP contribution in [0, 0.1) is 6.92 Å². The van der Waals surface area contributed by atoms with Crippen molar-refractivity contribution in [2.45, 2.75) is 45.3 Å². The van der Waals surface area contributed by atoms with E-state index in [1.807, 2.05) is 36.1 Å². The molecule has 2 unspecified atom stereocenters. The number of aliphatic hydroxyl groups is 1. The number of aliphatic hydroxyl groups excluding tert-OH is 1. The van der Waals surface area contributed by atoms with Crippen LogP contribution in [0.5, 0.6) is 0 Å². The molecule has 104 valence electrons. The van der Waals surface area contributed by atoms with Crippen molar-refractivity contribution in [1.29, 1.82) is 0 Å². The first-order valence-corrected chi connectivity index (χ1v) is 6.88. The largest absolute Gasteiger partial charge is 0.393 e. The Kier molecular flexibility index (Phi) is 4.43. The van der Waals surface area contributed by atoms with E-state index in [0.29, 0.717) is 6.42 Å². The summed E-state index contributed by atoms with van der Waals surface area (Å²) >= 11 is 0. The predicted octanol–water partition coefficient (Wildman–Crippen LogP) is 2.76. The molecule has 2 N–H and O–H groups in total. The van der Waals surface area contributed by atoms with Gasteiger partial charge < -0.3 is 15.3 Å². The third kappa shape index (κ3) is 3.70. The highest BCUT2D eigenvalue weighted by molar-refractivity contribution is 5.89. The van der Waals surface area contributed by atoms with Crippen LogP contribution in [-0.4, -0.2) is 34.7 Å². The number of likely N-dealkylation sites (tertiary alicyclic amines) is 1. The number of hydrogen-bond donors (Lipinski definition) is 2. The van der Waals surface area contributed by atoms with E-state index in [9.17, 15) is 9.90 Å². The van der Waals surface area contributed by atoms with E-state index >= 15 is 0 Å². The standard InChI is InChI=1S/C15H22N2O2/c1-11-5-3-6-13(9-11)16-15(19)17-8-4-7-14(17)10-12(2)18/h3,5-6,9,12,14,18H,4,7-8,10H2,1-2H3,(H,16,19). The molecule has 1 aromatic carbocycles. The lowest BCUT2D eigenvalue weighted by atomic mass is 10.1. The normalized spacial score (nSPS) is 20.4. The third-order valence-electron chi connectivity index (χ3n) is 3.52. The number of carbonyl (C=O) groups excluding carboxylic acids is 1. The molecule has 0 saturated carbocycles. The minimum atomic E-state index is -0.364. The number of urea groups is 1. The molecule has 0 aromatic heterocycles. The van der Waals surface area contributed by atoms with Gasteiger partial charge in [-0.2, -0.15) is 0 Å². The first-order valence-electron chi connectivity index (χ1n) is 6.88. The first kappa shape index (κ1) is 13.9. The second-order valence-electron chi connectivity index (χ2n) is 5.37. The van der Waals surface area contributed by atoms with Gasteiger partial charge in [0.15, 0.2) is 0 Å². The van der Waals surface area contributed by atoms with Crippen molar-refractivity contribution < 1.29 is 9.90 Å². The van der Waals surface area contributed by atoms with Gasteiger partial charge in [0.05, 0.1) is 6.10 Å². The van der Waals surface area contributed by atoms with Crippen molar-refractivity contribution in [3.8, 4) is 0 Å². The van der Waals surface area contributed by atoms with Crippen molar-refractivity contribution in [3.05, 3.63) is 29.8 Å². The average Bonchev–Trinajstić information content (AvgIpc) is 2.76. The maximum Gasteiger partial charge on any atom is 0.322 e. The summed E-state index contributed by atoms with van der Waals surface area (Å²) in [5, 5.41) is 12.4. The van der Waals surface area contributed by atoms with Crippen molar-refractivity contribution in [2.24, 2.45) is 0 Å². The zero-order valence-corrected chi connectivity index (χ0v) is 11.6. The highest BCUT2D eigenvalue weighted by Crippen LogP contribution is 2.22. The van der Waals surface area contributed by atoms with Crippen LogP contribution in [0.2, 0.25) is 0 Å². The van der Waals surface area contributed by atoms with Gasteiger partial charge in [0, 0.05) is 18.3 Å². The fourth-order valence-corrected chi connectivity index (χ4v) is 2.66. The Morgan fingerprint density at radius 2 is 2.37 bits per heavy atom. The van der Waals surface area contributed by atoms with Gasteiger partial charge >= 0.3 is 6.03 Å². The fourth-order valence-electron chi connectivity index (χ4n) is 2.66. The van der Waals surface area contributed by atoms with E-state index in [-0.39, 0.29) is 18.2 Å². The third-order valence-corrected chi connectivity index (χ3v) is 3.52. The molecule has 4 nitrogen and oxygen atoms in total. The van der Waals surface area contributed by atoms with E-state index in [1.54, 1.807) is 6.92 Å². The van der Waals surface area contributed by atoms with E-state index in [0.717, 1.165) is 30.6 Å². The van der Waals surface area contributed by atoms with Gasteiger partial charge in [-0.3, -0.25) is 0 Å². The molecule has 1 fully saturated rings. The van der Waals surface area contributed by atoms with Crippen LogP contribution in [0.15, 0.2) is 24.3 Å². The Morgan fingerprint density at radius 1 is 1.58 bits per heavy atom. The summed E-state index contributed by atoms with van der Waals surface area (Å²) in [5.41, 5.74) is 1.95. The second-order valence-corrected chi connectivity index (χ2v) is 5.37. The van der Waals surface area contributed by atoms with Crippen molar-refractivity contribution in [3.63, 3.8) is 0 Å². The topological polar surface area (TPSA) is 52.6 Å². The van der Waals surface area contributed by atoms with E-state index < -0.39 is 0 Å². The molecule has 0 spiro atoms. The number of amides is 2. The predicted molar refractivity (Wildman–Crippen MR) is 76.2 cm³/mol. The zero-order chi connectivity index (χ0) is 13.8. The summed E-state index contributed by atoms with van der Waals surface area (Å²) in [6.07, 6.45) is 2.28. The van der Waals surface area contributed by atoms with Crippen LogP contribution in [0.3, 0.4) is 0 Å². The van der Waals surface area contributed by atoms with Crippen LogP contribution in [0.4, 0.5) is 10.5 Å². The quantitative estimate of drug-likeness (QED) is 0.880. The SMILES string of the molecule is Cc1cccc(NC(=O)N2CCCC2CC(C)O)c1. The Labute approximate surface area is 114 Å². The molecule has 1 aliphatic heterocycles. The number of nitrogens with one attached hydrogen (secondary N) is 1. The molecule has 4 heteroatoms. The van der Waals surface area contributed by atoms with Gasteiger partial charge in [0.2, 0.25) is 0 Å². The maximum absolute atomic E-state index is 12.3. The van der Waals surface area contributed by atoms with Gasteiger partial charge in [0.25, 0.3) is 0 Å². The summed E-state index contributed by atoms with van der Waals surface area (Å²) in [6, 6.07) is 7.88. The summed E-state index contributed by atoms with van der Waals surface area (Å²) in [4.78, 5) is 14.1. The van der Waals surface area contributed by atoms with Crippen molar-refractivity contribution >= 4 is 11.7 Å². The maximum atomic E-state index is 12.3. The molecule has 1 saturated heterocycles. The number of nitrogens with zero attached hydrogens (tertiary/aromatic N) is 1. The van der Waals surface area contributed by atoms with Gasteiger partial charge in [0.1, 0.15) is 0 Å². The average molecular weight is 262 g/mol. The summed E-state index contributed by atoms with van der Waals surface area (Å²) in [6.45, 7) is 4.55. The van der Waals surface area contributed by atoms with E-state index in [1.165, 1.54) is 0 Å². The summed E-state index contributed by atoms with van der Waals surface area (Å²) < 4.78 is 0. The van der Waals surface area contributed by atoms with E-state index in [4.69, 9.17) is 0 Å². The molecule has 0 aliphatic carbocycles. The van der Waals surface area contributed by atoms with Crippen LogP contribution in [0.25, 0.3) is 0 Å². The molecule has 2 atom stereocenters. The minimum absolute atomic E-state index is 0.0613. The number of aryl methyl sites for hydroxylation is 1. The van der Waals surface area contributed by atoms with Gasteiger partial charge in [-0.05, 0) is 50.8 Å². The lowest BCUT2D eigenvalue weighted by Gasteiger charge is -2.26. The Bertz CT molecular complexity index is 446. The molecular weight excluding hydrogens is 240 g/mol.